The summed E-state index contributed by atoms with van der Waals surface area (Å²) >= 11 is 0. The zero-order valence-electron chi connectivity index (χ0n) is 11.3. The molecule has 0 aromatic carbocycles. The summed E-state index contributed by atoms with van der Waals surface area (Å²) in [6.07, 6.45) is 3.10. The number of pyridine rings is 1. The number of rotatable bonds is 6. The smallest absolute Gasteiger partial charge is 0.0543 e. The Labute approximate surface area is 110 Å². The van der Waals surface area contributed by atoms with Crippen molar-refractivity contribution in [3.63, 3.8) is 0 Å². The van der Waals surface area contributed by atoms with Crippen LogP contribution >= 0.6 is 0 Å². The Morgan fingerprint density at radius 2 is 2.17 bits per heavy atom. The Morgan fingerprint density at radius 1 is 1.33 bits per heavy atom. The van der Waals surface area contributed by atoms with Crippen LogP contribution in [0.25, 0.3) is 0 Å². The minimum atomic E-state index is 0.947. The lowest BCUT2D eigenvalue weighted by Gasteiger charge is -2.27. The van der Waals surface area contributed by atoms with Crippen molar-refractivity contribution in [1.29, 1.82) is 0 Å². The molecular weight excluding hydrogens is 224 g/mol. The lowest BCUT2D eigenvalue weighted by atomic mass is 10.3. The lowest BCUT2D eigenvalue weighted by molar-refractivity contribution is 0.219. The van der Waals surface area contributed by atoms with Crippen molar-refractivity contribution in [2.75, 3.05) is 46.3 Å². The van der Waals surface area contributed by atoms with Crippen molar-refractivity contribution in [3.8, 4) is 0 Å². The molecule has 100 valence electrons. The zero-order valence-corrected chi connectivity index (χ0v) is 11.3. The van der Waals surface area contributed by atoms with E-state index in [9.17, 15) is 0 Å². The van der Waals surface area contributed by atoms with E-state index in [0.29, 0.717) is 0 Å². The molecule has 2 rings (SSSR count). The Bertz CT molecular complexity index is 322. The van der Waals surface area contributed by atoms with Gasteiger partial charge in [0, 0.05) is 38.9 Å². The van der Waals surface area contributed by atoms with Gasteiger partial charge in [-0.15, -0.1) is 0 Å². The molecule has 4 nitrogen and oxygen atoms in total. The van der Waals surface area contributed by atoms with Crippen molar-refractivity contribution in [2.45, 2.75) is 13.0 Å². The monoisotopic (exact) mass is 248 g/mol. The summed E-state index contributed by atoms with van der Waals surface area (Å²) in [5.74, 6) is 0. The maximum Gasteiger partial charge on any atom is 0.0543 e. The Morgan fingerprint density at radius 3 is 2.89 bits per heavy atom. The third kappa shape index (κ3) is 4.72. The second-order valence-corrected chi connectivity index (χ2v) is 5.00. The van der Waals surface area contributed by atoms with Crippen molar-refractivity contribution in [3.05, 3.63) is 30.1 Å². The summed E-state index contributed by atoms with van der Waals surface area (Å²) in [6, 6.07) is 6.11. The Hall–Kier alpha value is -0.970. The van der Waals surface area contributed by atoms with Crippen LogP contribution in [0.3, 0.4) is 0 Å². The summed E-state index contributed by atoms with van der Waals surface area (Å²) in [6.45, 7) is 7.98. The molecule has 1 aliphatic rings. The van der Waals surface area contributed by atoms with Crippen LogP contribution in [0.1, 0.15) is 12.1 Å². The van der Waals surface area contributed by atoms with Gasteiger partial charge in [0.2, 0.25) is 0 Å². The van der Waals surface area contributed by atoms with E-state index in [1.54, 1.807) is 0 Å². The molecule has 1 aromatic rings. The average Bonchev–Trinajstić information content (AvgIpc) is 2.41. The van der Waals surface area contributed by atoms with Crippen LogP contribution in [-0.2, 0) is 6.54 Å². The standard InChI is InChI=1S/C14H24N4/c1-17(13-14-5-2-3-6-16-14)9-4-10-18-11-7-15-8-12-18/h2-3,5-6,15H,4,7-13H2,1H3. The van der Waals surface area contributed by atoms with Crippen molar-refractivity contribution >= 4 is 0 Å². The quantitative estimate of drug-likeness (QED) is 0.807. The molecule has 0 radical (unpaired) electrons. The average molecular weight is 248 g/mol. The van der Waals surface area contributed by atoms with E-state index < -0.39 is 0 Å². The van der Waals surface area contributed by atoms with Gasteiger partial charge in [-0.1, -0.05) is 6.07 Å². The van der Waals surface area contributed by atoms with E-state index >= 15 is 0 Å². The van der Waals surface area contributed by atoms with Gasteiger partial charge in [-0.3, -0.25) is 4.98 Å². The van der Waals surface area contributed by atoms with Crippen LogP contribution in [0.2, 0.25) is 0 Å². The first-order valence-electron chi connectivity index (χ1n) is 6.86. The van der Waals surface area contributed by atoms with E-state index in [2.05, 4.69) is 39.3 Å². The third-order valence-corrected chi connectivity index (χ3v) is 3.38. The molecule has 2 heterocycles. The second-order valence-electron chi connectivity index (χ2n) is 5.00. The molecule has 1 aromatic heterocycles. The Kier molecular flexibility index (Phi) is 5.58. The minimum absolute atomic E-state index is 0.947. The van der Waals surface area contributed by atoms with Gasteiger partial charge in [-0.25, -0.2) is 0 Å². The second kappa shape index (κ2) is 7.46. The number of piperazine rings is 1. The van der Waals surface area contributed by atoms with Crippen LogP contribution in [0.15, 0.2) is 24.4 Å². The molecule has 0 spiro atoms. The lowest BCUT2D eigenvalue weighted by Crippen LogP contribution is -2.44. The van der Waals surface area contributed by atoms with Crippen LogP contribution in [0.5, 0.6) is 0 Å². The number of nitrogens with one attached hydrogen (secondary N) is 1. The normalized spacial score (nSPS) is 17.2. The summed E-state index contributed by atoms with van der Waals surface area (Å²) in [7, 11) is 2.17. The third-order valence-electron chi connectivity index (χ3n) is 3.38. The predicted octanol–water partition coefficient (Wildman–Crippen LogP) is 0.809. The van der Waals surface area contributed by atoms with Crippen LogP contribution < -0.4 is 5.32 Å². The Balaban J connectivity index is 1.61. The first-order chi connectivity index (χ1) is 8.84. The van der Waals surface area contributed by atoms with E-state index in [1.807, 2.05) is 12.3 Å². The highest BCUT2D eigenvalue weighted by Gasteiger charge is 2.09. The molecule has 0 amide bonds. The highest BCUT2D eigenvalue weighted by atomic mass is 15.2. The maximum atomic E-state index is 4.36. The summed E-state index contributed by atoms with van der Waals surface area (Å²) in [5.41, 5.74) is 1.15. The topological polar surface area (TPSA) is 31.4 Å². The number of nitrogens with zero attached hydrogens (tertiary/aromatic N) is 3. The van der Waals surface area contributed by atoms with Crippen molar-refractivity contribution in [2.24, 2.45) is 0 Å². The molecular formula is C14H24N4. The van der Waals surface area contributed by atoms with Gasteiger partial charge in [0.25, 0.3) is 0 Å². The highest BCUT2D eigenvalue weighted by molar-refractivity contribution is 5.02. The predicted molar refractivity (Wildman–Crippen MR) is 74.5 cm³/mol. The zero-order chi connectivity index (χ0) is 12.6. The first-order valence-corrected chi connectivity index (χ1v) is 6.86. The van der Waals surface area contributed by atoms with Crippen LogP contribution in [-0.4, -0.2) is 61.1 Å². The molecule has 0 bridgehead atoms. The largest absolute Gasteiger partial charge is 0.314 e. The summed E-state index contributed by atoms with van der Waals surface area (Å²) in [4.78, 5) is 9.25. The van der Waals surface area contributed by atoms with Crippen LogP contribution in [0, 0.1) is 0 Å². The van der Waals surface area contributed by atoms with Gasteiger partial charge in [0.15, 0.2) is 0 Å². The summed E-state index contributed by atoms with van der Waals surface area (Å²) < 4.78 is 0. The van der Waals surface area contributed by atoms with E-state index in [0.717, 1.165) is 31.9 Å². The fourth-order valence-electron chi connectivity index (χ4n) is 2.35. The molecule has 0 saturated carbocycles. The van der Waals surface area contributed by atoms with E-state index in [-0.39, 0.29) is 0 Å². The molecule has 1 saturated heterocycles. The molecule has 0 atom stereocenters. The molecule has 4 heteroatoms. The highest BCUT2D eigenvalue weighted by Crippen LogP contribution is 2.01. The van der Waals surface area contributed by atoms with Crippen LogP contribution in [0.4, 0.5) is 0 Å². The van der Waals surface area contributed by atoms with Gasteiger partial charge >= 0.3 is 0 Å². The number of aromatic nitrogens is 1. The molecule has 0 unspecified atom stereocenters. The van der Waals surface area contributed by atoms with Gasteiger partial charge < -0.3 is 15.1 Å². The number of hydrogen-bond acceptors (Lipinski definition) is 4. The van der Waals surface area contributed by atoms with E-state index in [1.165, 1.54) is 26.1 Å². The first kappa shape index (κ1) is 13.5. The molecule has 1 N–H and O–H groups in total. The van der Waals surface area contributed by atoms with Crippen molar-refractivity contribution in [1.82, 2.24) is 20.1 Å². The van der Waals surface area contributed by atoms with E-state index in [4.69, 9.17) is 0 Å². The molecule has 0 aliphatic carbocycles. The number of hydrogen-bond donors (Lipinski definition) is 1. The van der Waals surface area contributed by atoms with Gasteiger partial charge in [-0.05, 0) is 38.7 Å². The SMILES string of the molecule is CN(CCCN1CCNCC1)Cc1ccccn1. The molecule has 1 aliphatic heterocycles. The fraction of sp³-hybridized carbons (Fsp3) is 0.643. The van der Waals surface area contributed by atoms with Gasteiger partial charge in [0.05, 0.1) is 5.69 Å². The minimum Gasteiger partial charge on any atom is -0.314 e. The fourth-order valence-corrected chi connectivity index (χ4v) is 2.35. The van der Waals surface area contributed by atoms with Crippen molar-refractivity contribution < 1.29 is 0 Å². The summed E-state index contributed by atoms with van der Waals surface area (Å²) in [5, 5.41) is 3.39. The molecule has 18 heavy (non-hydrogen) atoms. The molecule has 1 fully saturated rings. The van der Waals surface area contributed by atoms with Gasteiger partial charge in [0.1, 0.15) is 0 Å². The maximum absolute atomic E-state index is 4.36. The van der Waals surface area contributed by atoms with Gasteiger partial charge in [-0.2, -0.15) is 0 Å².